The fourth-order valence-corrected chi connectivity index (χ4v) is 1.99. The number of fused-ring (bicyclic) bond motifs is 1. The fraction of sp³-hybridized carbons (Fsp3) is 0.600. The molecule has 0 spiro atoms. The predicted octanol–water partition coefficient (Wildman–Crippen LogP) is 1.29. The normalized spacial score (nSPS) is 37.5. The van der Waals surface area contributed by atoms with Crippen molar-refractivity contribution in [2.75, 3.05) is 0 Å². The van der Waals surface area contributed by atoms with Gasteiger partial charge in [-0.15, -0.1) is 0 Å². The molecule has 13 heavy (non-hydrogen) atoms. The van der Waals surface area contributed by atoms with E-state index in [0.29, 0.717) is 5.92 Å². The summed E-state index contributed by atoms with van der Waals surface area (Å²) in [6, 6.07) is 0. The Morgan fingerprint density at radius 2 is 2.15 bits per heavy atom. The molecule has 2 aliphatic rings. The third-order valence-electron chi connectivity index (χ3n) is 2.88. The van der Waals surface area contributed by atoms with Crippen molar-refractivity contribution in [1.82, 2.24) is 0 Å². The average Bonchev–Trinajstić information content (AvgIpc) is 2.42. The smallest absolute Gasteiger partial charge is 0.321 e. The van der Waals surface area contributed by atoms with Gasteiger partial charge in [0.15, 0.2) is 0 Å². The number of esters is 2. The van der Waals surface area contributed by atoms with Crippen molar-refractivity contribution in [3.63, 3.8) is 0 Å². The SMILES string of the molecule is CCC1C=CC2C(=O)OC(=O)C2C1. The van der Waals surface area contributed by atoms with Gasteiger partial charge in [0.05, 0.1) is 11.8 Å². The lowest BCUT2D eigenvalue weighted by molar-refractivity contribution is -0.153. The highest BCUT2D eigenvalue weighted by atomic mass is 16.6. The number of allylic oxidation sites excluding steroid dienone is 1. The van der Waals surface area contributed by atoms with Crippen LogP contribution in [0, 0.1) is 17.8 Å². The van der Waals surface area contributed by atoms with Gasteiger partial charge < -0.3 is 4.74 Å². The molecular formula is C10H12O3. The minimum atomic E-state index is -0.374. The van der Waals surface area contributed by atoms with Crippen molar-refractivity contribution in [1.29, 1.82) is 0 Å². The summed E-state index contributed by atoms with van der Waals surface area (Å²) < 4.78 is 4.57. The number of hydrogen-bond donors (Lipinski definition) is 0. The third kappa shape index (κ3) is 1.28. The van der Waals surface area contributed by atoms with Crippen LogP contribution in [-0.2, 0) is 14.3 Å². The Balaban J connectivity index is 2.21. The molecule has 0 saturated carbocycles. The average molecular weight is 180 g/mol. The Bertz CT molecular complexity index is 280. The summed E-state index contributed by atoms with van der Waals surface area (Å²) in [5.41, 5.74) is 0. The fourth-order valence-electron chi connectivity index (χ4n) is 1.99. The van der Waals surface area contributed by atoms with Crippen molar-refractivity contribution < 1.29 is 14.3 Å². The summed E-state index contributed by atoms with van der Waals surface area (Å²) >= 11 is 0. The lowest BCUT2D eigenvalue weighted by Gasteiger charge is -2.20. The topological polar surface area (TPSA) is 43.4 Å². The maximum absolute atomic E-state index is 11.2. The molecule has 1 heterocycles. The molecule has 0 bridgehead atoms. The second-order valence-corrected chi connectivity index (χ2v) is 3.66. The highest BCUT2D eigenvalue weighted by Crippen LogP contribution is 2.35. The minimum absolute atomic E-state index is 0.206. The van der Waals surface area contributed by atoms with E-state index in [4.69, 9.17) is 0 Å². The molecule has 0 amide bonds. The molecule has 1 saturated heterocycles. The van der Waals surface area contributed by atoms with E-state index >= 15 is 0 Å². The van der Waals surface area contributed by atoms with E-state index in [2.05, 4.69) is 11.7 Å². The molecule has 1 fully saturated rings. The second kappa shape index (κ2) is 2.98. The molecule has 0 aromatic heterocycles. The quantitative estimate of drug-likeness (QED) is 0.347. The number of carbonyl (C=O) groups is 2. The highest BCUT2D eigenvalue weighted by molar-refractivity contribution is 5.97. The van der Waals surface area contributed by atoms with Crippen LogP contribution >= 0.6 is 0 Å². The number of carbonyl (C=O) groups excluding carboxylic acids is 2. The van der Waals surface area contributed by atoms with Crippen LogP contribution in [-0.4, -0.2) is 11.9 Å². The van der Waals surface area contributed by atoms with Crippen LogP contribution in [0.4, 0.5) is 0 Å². The minimum Gasteiger partial charge on any atom is -0.392 e. The first kappa shape index (κ1) is 8.48. The van der Waals surface area contributed by atoms with Gasteiger partial charge in [0, 0.05) is 0 Å². The Labute approximate surface area is 76.8 Å². The molecule has 1 aliphatic carbocycles. The van der Waals surface area contributed by atoms with Crippen LogP contribution in [0.5, 0.6) is 0 Å². The molecule has 1 aliphatic heterocycles. The van der Waals surface area contributed by atoms with Gasteiger partial charge in [0.25, 0.3) is 0 Å². The van der Waals surface area contributed by atoms with Crippen LogP contribution in [0.25, 0.3) is 0 Å². The lowest BCUT2D eigenvalue weighted by Crippen LogP contribution is -2.22. The zero-order chi connectivity index (χ0) is 9.42. The third-order valence-corrected chi connectivity index (χ3v) is 2.88. The molecule has 3 atom stereocenters. The van der Waals surface area contributed by atoms with Gasteiger partial charge in [0.2, 0.25) is 0 Å². The molecule has 70 valence electrons. The van der Waals surface area contributed by atoms with Crippen molar-refractivity contribution in [2.24, 2.45) is 17.8 Å². The van der Waals surface area contributed by atoms with E-state index < -0.39 is 0 Å². The largest absolute Gasteiger partial charge is 0.392 e. The zero-order valence-electron chi connectivity index (χ0n) is 7.53. The Kier molecular flexibility index (Phi) is 1.94. The van der Waals surface area contributed by atoms with E-state index in [1.54, 1.807) is 0 Å². The summed E-state index contributed by atoms with van der Waals surface area (Å²) in [5.74, 6) is -0.781. The van der Waals surface area contributed by atoms with Gasteiger partial charge in [-0.05, 0) is 18.8 Å². The van der Waals surface area contributed by atoms with Gasteiger partial charge >= 0.3 is 11.9 Å². The van der Waals surface area contributed by atoms with Crippen LogP contribution in [0.2, 0.25) is 0 Å². The van der Waals surface area contributed by atoms with Gasteiger partial charge in [-0.2, -0.15) is 0 Å². The van der Waals surface area contributed by atoms with Gasteiger partial charge in [-0.25, -0.2) is 0 Å². The number of ether oxygens (including phenoxy) is 1. The van der Waals surface area contributed by atoms with Gasteiger partial charge in [-0.3, -0.25) is 9.59 Å². The zero-order valence-corrected chi connectivity index (χ0v) is 7.53. The summed E-state index contributed by atoms with van der Waals surface area (Å²) in [6.45, 7) is 2.08. The first-order chi connectivity index (χ1) is 6.22. The van der Waals surface area contributed by atoms with Crippen molar-refractivity contribution in [3.05, 3.63) is 12.2 Å². The molecule has 0 aromatic carbocycles. The molecule has 3 unspecified atom stereocenters. The van der Waals surface area contributed by atoms with Crippen LogP contribution in [0.3, 0.4) is 0 Å². The molecule has 3 heteroatoms. The van der Waals surface area contributed by atoms with Crippen LogP contribution in [0.15, 0.2) is 12.2 Å². The Morgan fingerprint density at radius 3 is 2.85 bits per heavy atom. The van der Waals surface area contributed by atoms with Crippen molar-refractivity contribution in [3.8, 4) is 0 Å². The highest BCUT2D eigenvalue weighted by Gasteiger charge is 2.44. The van der Waals surface area contributed by atoms with E-state index in [9.17, 15) is 9.59 Å². The molecule has 0 radical (unpaired) electrons. The maximum atomic E-state index is 11.2. The number of hydrogen-bond acceptors (Lipinski definition) is 3. The van der Waals surface area contributed by atoms with Crippen molar-refractivity contribution >= 4 is 11.9 Å². The van der Waals surface area contributed by atoms with Crippen molar-refractivity contribution in [2.45, 2.75) is 19.8 Å². The van der Waals surface area contributed by atoms with Crippen LogP contribution in [0.1, 0.15) is 19.8 Å². The number of rotatable bonds is 1. The Hall–Kier alpha value is -1.12. The molecule has 0 N–H and O–H groups in total. The monoisotopic (exact) mass is 180 g/mol. The molecule has 0 aromatic rings. The van der Waals surface area contributed by atoms with E-state index in [0.717, 1.165) is 12.8 Å². The summed E-state index contributed by atoms with van der Waals surface area (Å²) in [5, 5.41) is 0. The van der Waals surface area contributed by atoms with E-state index in [-0.39, 0.29) is 23.8 Å². The van der Waals surface area contributed by atoms with E-state index in [1.165, 1.54) is 0 Å². The lowest BCUT2D eigenvalue weighted by atomic mass is 9.80. The van der Waals surface area contributed by atoms with Crippen LogP contribution < -0.4 is 0 Å². The summed E-state index contributed by atoms with van der Waals surface area (Å²) in [7, 11) is 0. The molecule has 2 rings (SSSR count). The summed E-state index contributed by atoms with van der Waals surface area (Å²) in [6.07, 6.45) is 5.64. The molecular weight excluding hydrogens is 168 g/mol. The molecule has 3 nitrogen and oxygen atoms in total. The first-order valence-electron chi connectivity index (χ1n) is 4.66. The number of cyclic esters (lactones) is 2. The van der Waals surface area contributed by atoms with Gasteiger partial charge in [0.1, 0.15) is 0 Å². The summed E-state index contributed by atoms with van der Waals surface area (Å²) in [4.78, 5) is 22.3. The van der Waals surface area contributed by atoms with E-state index in [1.807, 2.05) is 12.2 Å². The van der Waals surface area contributed by atoms with Gasteiger partial charge in [-0.1, -0.05) is 19.1 Å². The Morgan fingerprint density at radius 1 is 1.38 bits per heavy atom. The standard InChI is InChI=1S/C10H12O3/c1-2-6-3-4-7-8(5-6)10(12)13-9(7)11/h3-4,6-8H,2,5H2,1H3. The predicted molar refractivity (Wildman–Crippen MR) is 45.6 cm³/mol. The first-order valence-corrected chi connectivity index (χ1v) is 4.66. The second-order valence-electron chi connectivity index (χ2n) is 3.66. The maximum Gasteiger partial charge on any atom is 0.321 e.